The molecule has 0 unspecified atom stereocenters. The zero-order chi connectivity index (χ0) is 16.9. The molecule has 0 radical (unpaired) electrons. The van der Waals surface area contributed by atoms with Gasteiger partial charge in [0.2, 0.25) is 0 Å². The van der Waals surface area contributed by atoms with Crippen molar-refractivity contribution < 1.29 is 9.59 Å². The van der Waals surface area contributed by atoms with Crippen LogP contribution < -0.4 is 5.32 Å². The molecule has 0 spiro atoms. The summed E-state index contributed by atoms with van der Waals surface area (Å²) < 4.78 is 0.896. The van der Waals surface area contributed by atoms with Crippen LogP contribution >= 0.6 is 22.6 Å². The third kappa shape index (κ3) is 3.95. The third-order valence-electron chi connectivity index (χ3n) is 4.13. The Morgan fingerprint density at radius 2 is 1.71 bits per heavy atom. The number of carbonyl (C=O) groups is 2. The van der Waals surface area contributed by atoms with E-state index >= 15 is 0 Å². The van der Waals surface area contributed by atoms with Gasteiger partial charge in [0, 0.05) is 27.9 Å². The molecule has 0 bridgehead atoms. The van der Waals surface area contributed by atoms with E-state index in [1.165, 1.54) is 6.42 Å². The second-order valence-corrected chi connectivity index (χ2v) is 7.03. The minimum atomic E-state index is -0.164. The molecule has 4 nitrogen and oxygen atoms in total. The first-order chi connectivity index (χ1) is 11.6. The first-order valence-electron chi connectivity index (χ1n) is 8.10. The lowest BCUT2D eigenvalue weighted by Gasteiger charge is -2.26. The highest BCUT2D eigenvalue weighted by molar-refractivity contribution is 14.1. The van der Waals surface area contributed by atoms with Crippen molar-refractivity contribution in [2.24, 2.45) is 0 Å². The number of piperidine rings is 1. The van der Waals surface area contributed by atoms with E-state index in [4.69, 9.17) is 0 Å². The molecule has 1 heterocycles. The van der Waals surface area contributed by atoms with Gasteiger partial charge in [0.05, 0.1) is 5.56 Å². The molecule has 1 N–H and O–H groups in total. The smallest absolute Gasteiger partial charge is 0.256 e. The standard InChI is InChI=1S/C19H19IN2O2/c20-17-10-3-2-9-16(17)18(23)21-15-8-6-7-14(13-15)19(24)22-11-4-1-5-12-22/h2-3,6-10,13H,1,4-5,11-12H2,(H,21,23). The highest BCUT2D eigenvalue weighted by Crippen LogP contribution is 2.18. The molecule has 3 rings (SSSR count). The molecule has 1 aliphatic heterocycles. The summed E-state index contributed by atoms with van der Waals surface area (Å²) in [6.07, 6.45) is 3.32. The number of anilines is 1. The van der Waals surface area contributed by atoms with Gasteiger partial charge in [-0.2, -0.15) is 0 Å². The van der Waals surface area contributed by atoms with Gasteiger partial charge in [-0.05, 0) is 72.2 Å². The zero-order valence-corrected chi connectivity index (χ0v) is 15.5. The summed E-state index contributed by atoms with van der Waals surface area (Å²) >= 11 is 2.14. The van der Waals surface area contributed by atoms with Crippen molar-refractivity contribution in [3.63, 3.8) is 0 Å². The summed E-state index contributed by atoms with van der Waals surface area (Å²) in [7, 11) is 0. The fraction of sp³-hybridized carbons (Fsp3) is 0.263. The molecule has 1 fully saturated rings. The largest absolute Gasteiger partial charge is 0.339 e. The van der Waals surface area contributed by atoms with E-state index in [1.807, 2.05) is 29.2 Å². The van der Waals surface area contributed by atoms with Crippen LogP contribution in [0.2, 0.25) is 0 Å². The number of hydrogen-bond acceptors (Lipinski definition) is 2. The van der Waals surface area contributed by atoms with Crippen LogP contribution in [-0.2, 0) is 0 Å². The molecule has 124 valence electrons. The molecule has 1 saturated heterocycles. The van der Waals surface area contributed by atoms with E-state index in [9.17, 15) is 9.59 Å². The average Bonchev–Trinajstić information content (AvgIpc) is 2.62. The zero-order valence-electron chi connectivity index (χ0n) is 13.3. The second-order valence-electron chi connectivity index (χ2n) is 5.87. The maximum absolute atomic E-state index is 12.6. The number of carbonyl (C=O) groups excluding carboxylic acids is 2. The third-order valence-corrected chi connectivity index (χ3v) is 5.07. The Labute approximate surface area is 155 Å². The normalized spacial score (nSPS) is 14.3. The van der Waals surface area contributed by atoms with Crippen molar-refractivity contribution in [3.05, 3.63) is 63.2 Å². The topological polar surface area (TPSA) is 49.4 Å². The Morgan fingerprint density at radius 3 is 2.46 bits per heavy atom. The van der Waals surface area contributed by atoms with Gasteiger partial charge in [-0.1, -0.05) is 18.2 Å². The van der Waals surface area contributed by atoms with Gasteiger partial charge in [0.25, 0.3) is 11.8 Å². The Bertz CT molecular complexity index is 755. The van der Waals surface area contributed by atoms with Crippen LogP contribution in [0.4, 0.5) is 5.69 Å². The number of hydrogen-bond donors (Lipinski definition) is 1. The summed E-state index contributed by atoms with van der Waals surface area (Å²) in [6, 6.07) is 14.6. The Kier molecular flexibility index (Phi) is 5.50. The lowest BCUT2D eigenvalue weighted by molar-refractivity contribution is 0.0724. The van der Waals surface area contributed by atoms with Crippen LogP contribution in [0, 0.1) is 3.57 Å². The van der Waals surface area contributed by atoms with Crippen LogP contribution in [0.15, 0.2) is 48.5 Å². The van der Waals surface area contributed by atoms with Gasteiger partial charge >= 0.3 is 0 Å². The minimum absolute atomic E-state index is 0.0418. The van der Waals surface area contributed by atoms with Crippen LogP contribution in [0.25, 0.3) is 0 Å². The molecule has 0 aromatic heterocycles. The second kappa shape index (κ2) is 7.79. The molecule has 2 amide bonds. The molecule has 0 atom stereocenters. The highest BCUT2D eigenvalue weighted by Gasteiger charge is 2.18. The number of likely N-dealkylation sites (tertiary alicyclic amines) is 1. The molecule has 1 aliphatic rings. The van der Waals surface area contributed by atoms with E-state index in [0.29, 0.717) is 16.8 Å². The summed E-state index contributed by atoms with van der Waals surface area (Å²) in [5, 5.41) is 2.88. The van der Waals surface area contributed by atoms with Crippen molar-refractivity contribution in [2.75, 3.05) is 18.4 Å². The number of nitrogens with zero attached hydrogens (tertiary/aromatic N) is 1. The molecule has 2 aromatic rings. The maximum atomic E-state index is 12.6. The van der Waals surface area contributed by atoms with Gasteiger partial charge in [0.15, 0.2) is 0 Å². The van der Waals surface area contributed by atoms with Crippen LogP contribution in [0.1, 0.15) is 40.0 Å². The Hall–Kier alpha value is -1.89. The van der Waals surface area contributed by atoms with Gasteiger partial charge in [0.1, 0.15) is 0 Å². The lowest BCUT2D eigenvalue weighted by Crippen LogP contribution is -2.35. The predicted octanol–water partition coefficient (Wildman–Crippen LogP) is 4.17. The number of nitrogens with one attached hydrogen (secondary N) is 1. The Morgan fingerprint density at radius 1 is 0.958 bits per heavy atom. The summed E-state index contributed by atoms with van der Waals surface area (Å²) in [5.41, 5.74) is 1.89. The summed E-state index contributed by atoms with van der Waals surface area (Å²) in [4.78, 5) is 26.9. The van der Waals surface area contributed by atoms with Crippen LogP contribution in [-0.4, -0.2) is 29.8 Å². The van der Waals surface area contributed by atoms with E-state index in [1.54, 1.807) is 24.3 Å². The van der Waals surface area contributed by atoms with E-state index in [-0.39, 0.29) is 11.8 Å². The molecular weight excluding hydrogens is 415 g/mol. The van der Waals surface area contributed by atoms with Crippen molar-refractivity contribution in [2.45, 2.75) is 19.3 Å². The monoisotopic (exact) mass is 434 g/mol. The number of benzene rings is 2. The van der Waals surface area contributed by atoms with E-state index < -0.39 is 0 Å². The number of rotatable bonds is 3. The fourth-order valence-corrected chi connectivity index (χ4v) is 3.49. The maximum Gasteiger partial charge on any atom is 0.256 e. The van der Waals surface area contributed by atoms with Crippen molar-refractivity contribution in [1.82, 2.24) is 4.90 Å². The SMILES string of the molecule is O=C(Nc1cccc(C(=O)N2CCCCC2)c1)c1ccccc1I. The van der Waals surface area contributed by atoms with Crippen molar-refractivity contribution >= 4 is 40.1 Å². The average molecular weight is 434 g/mol. The van der Waals surface area contributed by atoms with Crippen molar-refractivity contribution in [1.29, 1.82) is 0 Å². The van der Waals surface area contributed by atoms with Gasteiger partial charge in [-0.25, -0.2) is 0 Å². The summed E-state index contributed by atoms with van der Waals surface area (Å²) in [6.45, 7) is 1.63. The molecule has 2 aromatic carbocycles. The van der Waals surface area contributed by atoms with E-state index in [0.717, 1.165) is 29.5 Å². The fourth-order valence-electron chi connectivity index (χ4n) is 2.85. The summed E-state index contributed by atoms with van der Waals surface area (Å²) in [5.74, 6) is -0.123. The van der Waals surface area contributed by atoms with Gasteiger partial charge in [-0.15, -0.1) is 0 Å². The predicted molar refractivity (Wildman–Crippen MR) is 103 cm³/mol. The first-order valence-corrected chi connectivity index (χ1v) is 9.18. The molecule has 5 heteroatoms. The first kappa shape index (κ1) is 17.0. The lowest BCUT2D eigenvalue weighted by atomic mass is 10.1. The van der Waals surface area contributed by atoms with Crippen molar-refractivity contribution in [3.8, 4) is 0 Å². The van der Waals surface area contributed by atoms with Gasteiger partial charge in [-0.3, -0.25) is 9.59 Å². The number of halogens is 1. The van der Waals surface area contributed by atoms with E-state index in [2.05, 4.69) is 27.9 Å². The quantitative estimate of drug-likeness (QED) is 0.738. The highest BCUT2D eigenvalue weighted by atomic mass is 127. The molecular formula is C19H19IN2O2. The van der Waals surface area contributed by atoms with Crippen LogP contribution in [0.5, 0.6) is 0 Å². The van der Waals surface area contributed by atoms with Gasteiger partial charge < -0.3 is 10.2 Å². The molecule has 0 aliphatic carbocycles. The van der Waals surface area contributed by atoms with Crippen LogP contribution in [0.3, 0.4) is 0 Å². The molecule has 24 heavy (non-hydrogen) atoms. The Balaban J connectivity index is 1.74. The number of amides is 2. The minimum Gasteiger partial charge on any atom is -0.339 e. The molecule has 0 saturated carbocycles.